The van der Waals surface area contributed by atoms with Crippen LogP contribution in [0.3, 0.4) is 0 Å². The minimum atomic E-state index is -0.624. The number of methoxy groups -OCH3 is 1. The Balaban J connectivity index is 1.53. The third-order valence-electron chi connectivity index (χ3n) is 6.34. The summed E-state index contributed by atoms with van der Waals surface area (Å²) in [6, 6.07) is 10.3. The third kappa shape index (κ3) is 4.00. The molecule has 0 aliphatic carbocycles. The first kappa shape index (κ1) is 21.6. The molecule has 1 saturated heterocycles. The van der Waals surface area contributed by atoms with Crippen LogP contribution in [0.25, 0.3) is 11.0 Å². The summed E-state index contributed by atoms with van der Waals surface area (Å²) in [5, 5.41) is 0.379. The average Bonchev–Trinajstić information content (AvgIpc) is 3.12. The molecule has 0 bridgehead atoms. The Labute approximate surface area is 190 Å². The Hall–Kier alpha value is -3.23. The fourth-order valence-corrected chi connectivity index (χ4v) is 4.64. The van der Waals surface area contributed by atoms with Crippen molar-refractivity contribution in [1.82, 2.24) is 9.80 Å². The summed E-state index contributed by atoms with van der Waals surface area (Å²) in [6.45, 7) is 4.41. The maximum absolute atomic E-state index is 13.6. The first-order valence-electron chi connectivity index (χ1n) is 11.1. The summed E-state index contributed by atoms with van der Waals surface area (Å²) >= 11 is 0. The van der Waals surface area contributed by atoms with E-state index in [1.54, 1.807) is 35.2 Å². The second kappa shape index (κ2) is 8.96. The molecule has 1 atom stereocenters. The third-order valence-corrected chi connectivity index (χ3v) is 6.34. The zero-order valence-electron chi connectivity index (χ0n) is 18.4. The molecule has 8 heteroatoms. The maximum Gasteiger partial charge on any atom is 0.290 e. The van der Waals surface area contributed by atoms with E-state index in [0.29, 0.717) is 47.6 Å². The van der Waals surface area contributed by atoms with Crippen LogP contribution < -0.4 is 10.2 Å². The normalized spacial score (nSPS) is 18.7. The number of fused-ring (bicyclic) bond motifs is 2. The van der Waals surface area contributed by atoms with Gasteiger partial charge in [-0.25, -0.2) is 4.39 Å². The lowest BCUT2D eigenvalue weighted by Crippen LogP contribution is -2.38. The molecule has 1 fully saturated rings. The van der Waals surface area contributed by atoms with Gasteiger partial charge in [-0.2, -0.15) is 0 Å². The second-order valence-corrected chi connectivity index (χ2v) is 8.30. The maximum atomic E-state index is 13.6. The van der Waals surface area contributed by atoms with Crippen LogP contribution in [-0.4, -0.2) is 62.2 Å². The first-order valence-corrected chi connectivity index (χ1v) is 11.1. The lowest BCUT2D eigenvalue weighted by atomic mass is 9.98. The predicted molar refractivity (Wildman–Crippen MR) is 120 cm³/mol. The SMILES string of the molecule is COc1ccc2c(=O)c3c(oc2c1)C(=O)N(CCCN1CCOCC1)[C@H]3c1ccc(F)cc1. The highest BCUT2D eigenvalue weighted by atomic mass is 19.1. The largest absolute Gasteiger partial charge is 0.497 e. The van der Waals surface area contributed by atoms with Crippen LogP contribution in [0.4, 0.5) is 4.39 Å². The zero-order valence-corrected chi connectivity index (χ0v) is 18.4. The number of morpholine rings is 1. The number of ether oxygens (including phenoxy) is 2. The highest BCUT2D eigenvalue weighted by Gasteiger charge is 2.42. The Kier molecular flexibility index (Phi) is 5.86. The van der Waals surface area contributed by atoms with Gasteiger partial charge in [0, 0.05) is 32.2 Å². The number of benzene rings is 2. The van der Waals surface area contributed by atoms with Crippen LogP contribution >= 0.6 is 0 Å². The van der Waals surface area contributed by atoms with E-state index in [1.165, 1.54) is 19.2 Å². The molecule has 5 rings (SSSR count). The molecule has 0 radical (unpaired) electrons. The molecule has 2 aliphatic rings. The molecule has 3 aromatic rings. The number of hydrogen-bond acceptors (Lipinski definition) is 6. The Bertz CT molecular complexity index is 1230. The van der Waals surface area contributed by atoms with Gasteiger partial charge in [-0.3, -0.25) is 14.5 Å². The highest BCUT2D eigenvalue weighted by molar-refractivity contribution is 5.99. The quantitative estimate of drug-likeness (QED) is 0.572. The lowest BCUT2D eigenvalue weighted by molar-refractivity contribution is 0.0353. The zero-order chi connectivity index (χ0) is 22.9. The summed E-state index contributed by atoms with van der Waals surface area (Å²) in [7, 11) is 1.53. The van der Waals surface area contributed by atoms with Gasteiger partial charge in [0.1, 0.15) is 17.1 Å². The van der Waals surface area contributed by atoms with Crippen molar-refractivity contribution < 1.29 is 23.1 Å². The van der Waals surface area contributed by atoms with Crippen molar-refractivity contribution in [2.24, 2.45) is 0 Å². The molecule has 2 aromatic carbocycles. The molecule has 2 aliphatic heterocycles. The molecule has 1 aromatic heterocycles. The van der Waals surface area contributed by atoms with Crippen molar-refractivity contribution in [2.75, 3.05) is 46.5 Å². The number of amides is 1. The molecule has 1 amide bonds. The Morgan fingerprint density at radius 2 is 1.82 bits per heavy atom. The minimum Gasteiger partial charge on any atom is -0.497 e. The van der Waals surface area contributed by atoms with Crippen molar-refractivity contribution in [3.8, 4) is 5.75 Å². The fourth-order valence-electron chi connectivity index (χ4n) is 4.64. The lowest BCUT2D eigenvalue weighted by Gasteiger charge is -2.29. The average molecular weight is 452 g/mol. The van der Waals surface area contributed by atoms with Gasteiger partial charge in [-0.05, 0) is 36.2 Å². The van der Waals surface area contributed by atoms with Crippen molar-refractivity contribution in [3.63, 3.8) is 0 Å². The minimum absolute atomic E-state index is 0.0430. The molecule has 7 nitrogen and oxygen atoms in total. The second-order valence-electron chi connectivity index (χ2n) is 8.30. The van der Waals surface area contributed by atoms with Crippen molar-refractivity contribution in [3.05, 3.63) is 75.4 Å². The van der Waals surface area contributed by atoms with E-state index in [4.69, 9.17) is 13.9 Å². The monoisotopic (exact) mass is 452 g/mol. The summed E-state index contributed by atoms with van der Waals surface area (Å²) in [6.07, 6.45) is 0.735. The van der Waals surface area contributed by atoms with Gasteiger partial charge >= 0.3 is 0 Å². The molecular weight excluding hydrogens is 427 g/mol. The number of hydrogen-bond donors (Lipinski definition) is 0. The number of rotatable bonds is 6. The fraction of sp³-hybridized carbons (Fsp3) is 0.360. The van der Waals surface area contributed by atoms with Gasteiger partial charge in [-0.1, -0.05) is 12.1 Å². The van der Waals surface area contributed by atoms with Gasteiger partial charge in [-0.15, -0.1) is 0 Å². The smallest absolute Gasteiger partial charge is 0.290 e. The topological polar surface area (TPSA) is 72.2 Å². The number of halogens is 1. The molecule has 3 heterocycles. The van der Waals surface area contributed by atoms with Gasteiger partial charge < -0.3 is 18.8 Å². The molecule has 33 heavy (non-hydrogen) atoms. The number of carbonyl (C=O) groups excluding carboxylic acids is 1. The highest BCUT2D eigenvalue weighted by Crippen LogP contribution is 2.38. The Morgan fingerprint density at radius 3 is 2.55 bits per heavy atom. The molecule has 0 spiro atoms. The van der Waals surface area contributed by atoms with Gasteiger partial charge in [0.15, 0.2) is 5.43 Å². The van der Waals surface area contributed by atoms with E-state index in [1.807, 2.05) is 0 Å². The summed E-state index contributed by atoms with van der Waals surface area (Å²) in [5.74, 6) is -0.127. The molecule has 0 saturated carbocycles. The van der Waals surface area contributed by atoms with E-state index in [-0.39, 0.29) is 22.9 Å². The summed E-state index contributed by atoms with van der Waals surface area (Å²) < 4.78 is 30.2. The van der Waals surface area contributed by atoms with Crippen LogP contribution in [0.1, 0.15) is 34.1 Å². The van der Waals surface area contributed by atoms with Gasteiger partial charge in [0.2, 0.25) is 5.76 Å². The van der Waals surface area contributed by atoms with E-state index >= 15 is 0 Å². The van der Waals surface area contributed by atoms with E-state index in [0.717, 1.165) is 26.1 Å². The Morgan fingerprint density at radius 1 is 1.06 bits per heavy atom. The van der Waals surface area contributed by atoms with Crippen LogP contribution in [0, 0.1) is 5.82 Å². The van der Waals surface area contributed by atoms with E-state index in [2.05, 4.69) is 4.90 Å². The van der Waals surface area contributed by atoms with E-state index < -0.39 is 6.04 Å². The molecular formula is C25H25FN2O5. The van der Waals surface area contributed by atoms with Crippen LogP contribution in [0.2, 0.25) is 0 Å². The first-order chi connectivity index (χ1) is 16.1. The summed E-state index contributed by atoms with van der Waals surface area (Å²) in [4.78, 5) is 30.9. The summed E-state index contributed by atoms with van der Waals surface area (Å²) in [5.41, 5.74) is 1.03. The number of nitrogens with zero attached hydrogens (tertiary/aromatic N) is 2. The van der Waals surface area contributed by atoms with Crippen LogP contribution in [0.15, 0.2) is 51.7 Å². The van der Waals surface area contributed by atoms with Crippen LogP contribution in [-0.2, 0) is 4.74 Å². The van der Waals surface area contributed by atoms with Crippen LogP contribution in [0.5, 0.6) is 5.75 Å². The van der Waals surface area contributed by atoms with Gasteiger partial charge in [0.05, 0.1) is 37.3 Å². The van der Waals surface area contributed by atoms with Gasteiger partial charge in [0.25, 0.3) is 5.91 Å². The predicted octanol–water partition coefficient (Wildman–Crippen LogP) is 3.21. The standard InChI is InChI=1S/C25H25FN2O5/c1-31-18-7-8-19-20(15-18)33-24-21(23(19)29)22(16-3-5-17(26)6-4-16)28(25(24)30)10-2-9-27-11-13-32-14-12-27/h3-8,15,22H,2,9-14H2,1H3/t22-/m0/s1. The number of carbonyl (C=O) groups is 1. The van der Waals surface area contributed by atoms with Crippen molar-refractivity contribution >= 4 is 16.9 Å². The van der Waals surface area contributed by atoms with Crippen molar-refractivity contribution in [2.45, 2.75) is 12.5 Å². The molecule has 0 N–H and O–H groups in total. The molecule has 172 valence electrons. The van der Waals surface area contributed by atoms with E-state index in [9.17, 15) is 14.0 Å². The molecule has 0 unspecified atom stereocenters. The van der Waals surface area contributed by atoms with Crippen molar-refractivity contribution in [1.29, 1.82) is 0 Å².